The van der Waals surface area contributed by atoms with Crippen LogP contribution in [-0.2, 0) is 11.8 Å². The molecule has 2 amide bonds. The number of hydrogen-bond acceptors (Lipinski definition) is 8. The molecule has 4 N–H and O–H groups in total. The summed E-state index contributed by atoms with van der Waals surface area (Å²) in [5.74, 6) is -0.477. The van der Waals surface area contributed by atoms with Crippen LogP contribution in [0, 0.1) is 0 Å². The highest BCUT2D eigenvalue weighted by molar-refractivity contribution is 7.22. The van der Waals surface area contributed by atoms with Crippen LogP contribution in [0.4, 0.5) is 24.3 Å². The second-order valence-corrected chi connectivity index (χ2v) is 9.62. The number of nitrogens with two attached hydrogens (primary N) is 1. The molecule has 0 aliphatic carbocycles. The largest absolute Gasteiger partial charge is 0.573 e. The van der Waals surface area contributed by atoms with Crippen LogP contribution in [0.5, 0.6) is 5.75 Å². The fourth-order valence-corrected chi connectivity index (χ4v) is 4.98. The lowest BCUT2D eigenvalue weighted by molar-refractivity contribution is -0.274. The van der Waals surface area contributed by atoms with Crippen LogP contribution < -0.4 is 21.1 Å². The Labute approximate surface area is 212 Å². The summed E-state index contributed by atoms with van der Waals surface area (Å²) in [4.78, 5) is 35.5. The Balaban J connectivity index is 1.29. The lowest BCUT2D eigenvalue weighted by Gasteiger charge is -2.16. The minimum Gasteiger partial charge on any atom is -0.406 e. The molecule has 10 nitrogen and oxygen atoms in total. The average molecular weight is 534 g/mol. The van der Waals surface area contributed by atoms with Crippen molar-refractivity contribution in [3.63, 3.8) is 0 Å². The van der Waals surface area contributed by atoms with Gasteiger partial charge < -0.3 is 30.6 Å². The van der Waals surface area contributed by atoms with E-state index in [0.717, 1.165) is 23.3 Å². The zero-order valence-electron chi connectivity index (χ0n) is 19.5. The van der Waals surface area contributed by atoms with Gasteiger partial charge in [-0.2, -0.15) is 0 Å². The molecule has 2 aromatic carbocycles. The van der Waals surface area contributed by atoms with Gasteiger partial charge in [-0.25, -0.2) is 9.97 Å². The summed E-state index contributed by atoms with van der Waals surface area (Å²) in [6.07, 6.45) is -4.03. The van der Waals surface area contributed by atoms with E-state index in [4.69, 9.17) is 5.73 Å². The van der Waals surface area contributed by atoms with Crippen molar-refractivity contribution in [1.29, 1.82) is 0 Å². The van der Waals surface area contributed by atoms with Gasteiger partial charge in [0.15, 0.2) is 5.13 Å². The fraction of sp³-hybridized carbons (Fsp3) is 0.304. The van der Waals surface area contributed by atoms with Crippen LogP contribution in [0.25, 0.3) is 21.3 Å². The summed E-state index contributed by atoms with van der Waals surface area (Å²) in [6, 6.07) is 8.88. The second kappa shape index (κ2) is 9.52. The van der Waals surface area contributed by atoms with Gasteiger partial charge in [-0.05, 0) is 36.8 Å². The van der Waals surface area contributed by atoms with E-state index in [2.05, 4.69) is 25.3 Å². The Morgan fingerprint density at radius 2 is 2.00 bits per heavy atom. The number of halogens is 3. The van der Waals surface area contributed by atoms with Crippen molar-refractivity contribution in [3.8, 4) is 5.75 Å². The maximum atomic E-state index is 12.6. The van der Waals surface area contributed by atoms with Crippen molar-refractivity contribution in [1.82, 2.24) is 24.8 Å². The highest BCUT2D eigenvalue weighted by atomic mass is 32.1. The highest BCUT2D eigenvalue weighted by Crippen LogP contribution is 2.33. The molecule has 1 aliphatic rings. The minimum atomic E-state index is -4.78. The molecule has 37 heavy (non-hydrogen) atoms. The summed E-state index contributed by atoms with van der Waals surface area (Å²) in [5.41, 5.74) is 7.96. The normalized spacial score (nSPS) is 15.9. The summed E-state index contributed by atoms with van der Waals surface area (Å²) in [7, 11) is 1.78. The average Bonchev–Trinajstić information content (AvgIpc) is 3.53. The lowest BCUT2D eigenvalue weighted by Crippen LogP contribution is -2.40. The number of aryl methyl sites for hydroxylation is 1. The molecule has 4 aromatic rings. The van der Waals surface area contributed by atoms with Crippen molar-refractivity contribution in [2.75, 3.05) is 25.0 Å². The van der Waals surface area contributed by atoms with E-state index in [9.17, 15) is 22.8 Å². The number of aromatic nitrogens is 3. The minimum absolute atomic E-state index is 0.0299. The molecule has 1 unspecified atom stereocenters. The van der Waals surface area contributed by atoms with Gasteiger partial charge in [0.05, 0.1) is 27.8 Å². The van der Waals surface area contributed by atoms with Crippen molar-refractivity contribution in [2.24, 2.45) is 12.8 Å². The number of fused-ring (bicyclic) bond motifs is 2. The van der Waals surface area contributed by atoms with Gasteiger partial charge in [-0.1, -0.05) is 11.3 Å². The van der Waals surface area contributed by atoms with E-state index in [0.29, 0.717) is 45.5 Å². The zero-order valence-corrected chi connectivity index (χ0v) is 20.3. The molecule has 5 rings (SSSR count). The van der Waals surface area contributed by atoms with Crippen molar-refractivity contribution < 1.29 is 27.5 Å². The quantitative estimate of drug-likeness (QED) is 0.348. The maximum Gasteiger partial charge on any atom is 0.573 e. The second-order valence-electron chi connectivity index (χ2n) is 8.59. The fourth-order valence-electron chi connectivity index (χ4n) is 4.09. The van der Waals surface area contributed by atoms with E-state index in [1.54, 1.807) is 34.7 Å². The Kier molecular flexibility index (Phi) is 6.37. The number of anilines is 2. The van der Waals surface area contributed by atoms with E-state index in [1.807, 2.05) is 0 Å². The molecule has 0 saturated carbocycles. The van der Waals surface area contributed by atoms with Gasteiger partial charge >= 0.3 is 6.36 Å². The van der Waals surface area contributed by atoms with Gasteiger partial charge in [0.2, 0.25) is 11.9 Å². The number of imidazole rings is 1. The van der Waals surface area contributed by atoms with Crippen LogP contribution in [-0.4, -0.2) is 63.3 Å². The SMILES string of the molecule is Cn1c(Nc2nc3ccc(OC(F)(F)F)cc3s2)nc2cc(C(=O)NCC(=O)N3CCC(N)C3)ccc21. The molecule has 0 spiro atoms. The van der Waals surface area contributed by atoms with Crippen molar-refractivity contribution in [3.05, 3.63) is 42.0 Å². The molecular formula is C23H22F3N7O3S. The number of carbonyl (C=O) groups is 2. The first-order valence-electron chi connectivity index (χ1n) is 11.3. The molecule has 2 aromatic heterocycles. The zero-order chi connectivity index (χ0) is 26.3. The standard InChI is InChI=1S/C23H22F3N7O3S/c1-32-17-5-2-12(20(35)28-10-19(34)33-7-6-13(27)11-33)8-16(17)29-21(32)31-22-30-15-4-3-14(9-18(15)37-22)36-23(24,25)26/h2-5,8-9,13H,6-7,10-11,27H2,1H3,(H,28,35)(H,29,30,31). The summed E-state index contributed by atoms with van der Waals surface area (Å²) in [6.45, 7) is 0.955. The lowest BCUT2D eigenvalue weighted by atomic mass is 10.2. The molecule has 1 atom stereocenters. The van der Waals surface area contributed by atoms with Crippen LogP contribution >= 0.6 is 11.3 Å². The molecule has 1 fully saturated rings. The third kappa shape index (κ3) is 5.44. The third-order valence-corrected chi connectivity index (χ3v) is 6.87. The first kappa shape index (κ1) is 24.8. The number of hydrogen-bond donors (Lipinski definition) is 3. The predicted octanol–water partition coefficient (Wildman–Crippen LogP) is 3.11. The molecule has 1 saturated heterocycles. The van der Waals surface area contributed by atoms with E-state index in [1.165, 1.54) is 18.2 Å². The van der Waals surface area contributed by atoms with Gasteiger partial charge in [-0.3, -0.25) is 9.59 Å². The van der Waals surface area contributed by atoms with E-state index < -0.39 is 12.3 Å². The number of likely N-dealkylation sites (tertiary alicyclic amines) is 1. The number of ether oxygens (including phenoxy) is 1. The maximum absolute atomic E-state index is 12.6. The number of thiazole rings is 1. The Hall–Kier alpha value is -3.91. The molecule has 3 heterocycles. The number of nitrogens with zero attached hydrogens (tertiary/aromatic N) is 4. The number of benzene rings is 2. The Bertz CT molecular complexity index is 1500. The highest BCUT2D eigenvalue weighted by Gasteiger charge is 2.31. The first-order chi connectivity index (χ1) is 17.6. The first-order valence-corrected chi connectivity index (χ1v) is 12.1. The van der Waals surface area contributed by atoms with Crippen LogP contribution in [0.3, 0.4) is 0 Å². The van der Waals surface area contributed by atoms with Gasteiger partial charge in [0.25, 0.3) is 5.91 Å². The molecule has 14 heteroatoms. The van der Waals surface area contributed by atoms with Crippen molar-refractivity contribution >= 4 is 55.5 Å². The third-order valence-electron chi connectivity index (χ3n) is 5.93. The van der Waals surface area contributed by atoms with Gasteiger partial charge in [0.1, 0.15) is 5.75 Å². The number of amides is 2. The molecule has 0 bridgehead atoms. The molecule has 0 radical (unpaired) electrons. The Morgan fingerprint density at radius 1 is 1.19 bits per heavy atom. The van der Waals surface area contributed by atoms with Gasteiger partial charge in [-0.15, -0.1) is 13.2 Å². The van der Waals surface area contributed by atoms with Crippen molar-refractivity contribution in [2.45, 2.75) is 18.8 Å². The number of alkyl halides is 3. The molecule has 1 aliphatic heterocycles. The molecule has 194 valence electrons. The van der Waals surface area contributed by atoms with E-state index >= 15 is 0 Å². The summed E-state index contributed by atoms with van der Waals surface area (Å²) >= 11 is 1.15. The topological polar surface area (TPSA) is 127 Å². The number of rotatable bonds is 6. The summed E-state index contributed by atoms with van der Waals surface area (Å²) < 4.78 is 43.8. The summed E-state index contributed by atoms with van der Waals surface area (Å²) in [5, 5.41) is 6.14. The predicted molar refractivity (Wildman–Crippen MR) is 132 cm³/mol. The smallest absolute Gasteiger partial charge is 0.406 e. The van der Waals surface area contributed by atoms with E-state index in [-0.39, 0.29) is 24.2 Å². The molecular weight excluding hydrogens is 511 g/mol. The number of carbonyl (C=O) groups excluding carboxylic acids is 2. The number of nitrogens with one attached hydrogen (secondary N) is 2. The van der Waals surface area contributed by atoms with Crippen LogP contribution in [0.15, 0.2) is 36.4 Å². The van der Waals surface area contributed by atoms with Crippen LogP contribution in [0.1, 0.15) is 16.8 Å². The van der Waals surface area contributed by atoms with Gasteiger partial charge in [0, 0.05) is 37.8 Å². The Morgan fingerprint density at radius 3 is 2.73 bits per heavy atom. The monoisotopic (exact) mass is 533 g/mol. The van der Waals surface area contributed by atoms with Crippen LogP contribution in [0.2, 0.25) is 0 Å².